The predicted octanol–water partition coefficient (Wildman–Crippen LogP) is 5.14. The Labute approximate surface area is 167 Å². The molecule has 0 amide bonds. The molecule has 4 nitrogen and oxygen atoms in total. The lowest BCUT2D eigenvalue weighted by Crippen LogP contribution is -2.37. The SMILES string of the molecule is Cc1cccnc1[C@H]1CCC[C@@H](c2ncccc2C)N1Cc1ccccc1N. The number of para-hydroxylation sites is 1. The van der Waals surface area contributed by atoms with E-state index in [4.69, 9.17) is 15.7 Å². The van der Waals surface area contributed by atoms with Crippen molar-refractivity contribution < 1.29 is 0 Å². The van der Waals surface area contributed by atoms with E-state index in [1.165, 1.54) is 34.5 Å². The van der Waals surface area contributed by atoms with Crippen molar-refractivity contribution >= 4 is 5.69 Å². The van der Waals surface area contributed by atoms with Gasteiger partial charge in [-0.3, -0.25) is 14.9 Å². The molecule has 0 radical (unpaired) electrons. The van der Waals surface area contributed by atoms with Crippen molar-refractivity contribution in [1.29, 1.82) is 0 Å². The summed E-state index contributed by atoms with van der Waals surface area (Å²) in [4.78, 5) is 12.1. The van der Waals surface area contributed by atoms with Gasteiger partial charge in [0.2, 0.25) is 0 Å². The van der Waals surface area contributed by atoms with Gasteiger partial charge in [-0.05, 0) is 68.0 Å². The van der Waals surface area contributed by atoms with E-state index in [-0.39, 0.29) is 12.1 Å². The summed E-state index contributed by atoms with van der Waals surface area (Å²) in [5, 5.41) is 0. The number of pyridine rings is 2. The molecule has 0 unspecified atom stereocenters. The molecule has 2 aromatic heterocycles. The third-order valence-electron chi connectivity index (χ3n) is 5.89. The number of likely N-dealkylation sites (tertiary alicyclic amines) is 1. The van der Waals surface area contributed by atoms with Gasteiger partial charge in [0.25, 0.3) is 0 Å². The lowest BCUT2D eigenvalue weighted by molar-refractivity contribution is 0.0681. The first-order valence-corrected chi connectivity index (χ1v) is 10.1. The number of benzene rings is 1. The Morgan fingerprint density at radius 3 is 1.96 bits per heavy atom. The van der Waals surface area contributed by atoms with Crippen LogP contribution in [0.4, 0.5) is 5.69 Å². The molecule has 1 aliphatic heterocycles. The minimum Gasteiger partial charge on any atom is -0.398 e. The fraction of sp³-hybridized carbons (Fsp3) is 0.333. The van der Waals surface area contributed by atoms with E-state index >= 15 is 0 Å². The van der Waals surface area contributed by atoms with Crippen molar-refractivity contribution in [1.82, 2.24) is 14.9 Å². The van der Waals surface area contributed by atoms with Crippen LogP contribution in [-0.2, 0) is 6.54 Å². The van der Waals surface area contributed by atoms with Crippen LogP contribution in [0, 0.1) is 13.8 Å². The zero-order valence-electron chi connectivity index (χ0n) is 16.7. The minimum atomic E-state index is 0.265. The summed E-state index contributed by atoms with van der Waals surface area (Å²) >= 11 is 0. The van der Waals surface area contributed by atoms with Crippen LogP contribution in [0.3, 0.4) is 0 Å². The second kappa shape index (κ2) is 8.11. The third-order valence-corrected chi connectivity index (χ3v) is 5.89. The highest BCUT2D eigenvalue weighted by Crippen LogP contribution is 2.43. The van der Waals surface area contributed by atoms with Crippen LogP contribution in [0.15, 0.2) is 60.9 Å². The van der Waals surface area contributed by atoms with Crippen molar-refractivity contribution in [2.45, 2.75) is 51.7 Å². The number of nitrogens with zero attached hydrogens (tertiary/aromatic N) is 3. The molecular formula is C24H28N4. The smallest absolute Gasteiger partial charge is 0.0604 e. The maximum atomic E-state index is 6.31. The highest BCUT2D eigenvalue weighted by molar-refractivity contribution is 5.46. The Morgan fingerprint density at radius 1 is 0.857 bits per heavy atom. The van der Waals surface area contributed by atoms with Gasteiger partial charge in [0, 0.05) is 24.6 Å². The molecule has 1 aliphatic rings. The number of aromatic nitrogens is 2. The molecule has 3 heterocycles. The van der Waals surface area contributed by atoms with Gasteiger partial charge in [-0.1, -0.05) is 30.3 Å². The van der Waals surface area contributed by atoms with Gasteiger partial charge in [-0.2, -0.15) is 0 Å². The molecule has 3 aromatic rings. The average molecular weight is 373 g/mol. The number of rotatable bonds is 4. The molecule has 1 fully saturated rings. The second-order valence-electron chi connectivity index (χ2n) is 7.74. The maximum absolute atomic E-state index is 6.31. The van der Waals surface area contributed by atoms with Crippen molar-refractivity contribution in [3.63, 3.8) is 0 Å². The molecule has 144 valence electrons. The fourth-order valence-corrected chi connectivity index (χ4v) is 4.43. The van der Waals surface area contributed by atoms with E-state index in [1.807, 2.05) is 36.7 Å². The zero-order chi connectivity index (χ0) is 19.5. The fourth-order valence-electron chi connectivity index (χ4n) is 4.43. The largest absolute Gasteiger partial charge is 0.398 e. The third kappa shape index (κ3) is 3.65. The maximum Gasteiger partial charge on any atom is 0.0604 e. The van der Waals surface area contributed by atoms with Crippen LogP contribution in [0.2, 0.25) is 0 Å². The first-order chi connectivity index (χ1) is 13.6. The zero-order valence-corrected chi connectivity index (χ0v) is 16.7. The first kappa shape index (κ1) is 18.6. The molecule has 0 saturated carbocycles. The predicted molar refractivity (Wildman–Crippen MR) is 114 cm³/mol. The topological polar surface area (TPSA) is 55.0 Å². The van der Waals surface area contributed by atoms with E-state index < -0.39 is 0 Å². The number of piperidine rings is 1. The highest BCUT2D eigenvalue weighted by atomic mass is 15.2. The number of nitrogen functional groups attached to an aromatic ring is 1. The van der Waals surface area contributed by atoms with E-state index in [1.54, 1.807) is 0 Å². The Morgan fingerprint density at radius 2 is 1.43 bits per heavy atom. The summed E-state index contributed by atoms with van der Waals surface area (Å²) in [6.45, 7) is 5.12. The summed E-state index contributed by atoms with van der Waals surface area (Å²) in [7, 11) is 0. The van der Waals surface area contributed by atoms with Crippen molar-refractivity contribution in [3.8, 4) is 0 Å². The Hall–Kier alpha value is -2.72. The minimum absolute atomic E-state index is 0.265. The van der Waals surface area contributed by atoms with E-state index in [0.29, 0.717) is 0 Å². The molecule has 1 aromatic carbocycles. The molecule has 4 rings (SSSR count). The van der Waals surface area contributed by atoms with E-state index in [9.17, 15) is 0 Å². The molecule has 2 atom stereocenters. The Balaban J connectivity index is 1.78. The number of hydrogen-bond acceptors (Lipinski definition) is 4. The molecule has 4 heteroatoms. The van der Waals surface area contributed by atoms with Gasteiger partial charge in [-0.15, -0.1) is 0 Å². The van der Waals surface area contributed by atoms with E-state index in [2.05, 4.69) is 43.0 Å². The average Bonchev–Trinajstić information content (AvgIpc) is 2.71. The summed E-state index contributed by atoms with van der Waals surface area (Å²) in [6, 6.07) is 17.1. The molecular weight excluding hydrogens is 344 g/mol. The van der Waals surface area contributed by atoms with Crippen LogP contribution in [-0.4, -0.2) is 14.9 Å². The van der Waals surface area contributed by atoms with Gasteiger partial charge in [0.05, 0.1) is 23.5 Å². The van der Waals surface area contributed by atoms with Gasteiger partial charge in [0.15, 0.2) is 0 Å². The lowest BCUT2D eigenvalue weighted by Gasteiger charge is -2.42. The number of anilines is 1. The van der Waals surface area contributed by atoms with Gasteiger partial charge in [0.1, 0.15) is 0 Å². The summed E-state index contributed by atoms with van der Waals surface area (Å²) in [5.74, 6) is 0. The van der Waals surface area contributed by atoms with Crippen LogP contribution in [0.1, 0.15) is 59.4 Å². The number of aryl methyl sites for hydroxylation is 2. The van der Waals surface area contributed by atoms with Crippen molar-refractivity contribution in [2.75, 3.05) is 5.73 Å². The van der Waals surface area contributed by atoms with Crippen LogP contribution in [0.25, 0.3) is 0 Å². The standard InChI is InChI=1S/C24H28N4/c1-17-8-6-14-26-23(17)21-12-5-13-22(24-18(2)9-7-15-27-24)28(21)16-19-10-3-4-11-20(19)25/h3-4,6-11,14-15,21-22H,5,12-13,16,25H2,1-2H3/t21-,22+. The molecule has 0 aliphatic carbocycles. The highest BCUT2D eigenvalue weighted by Gasteiger charge is 2.35. The van der Waals surface area contributed by atoms with Crippen molar-refractivity contribution in [2.24, 2.45) is 0 Å². The summed E-state index contributed by atoms with van der Waals surface area (Å²) < 4.78 is 0. The summed E-state index contributed by atoms with van der Waals surface area (Å²) in [5.41, 5.74) is 13.2. The second-order valence-corrected chi connectivity index (χ2v) is 7.74. The van der Waals surface area contributed by atoms with Crippen LogP contribution < -0.4 is 5.73 Å². The van der Waals surface area contributed by atoms with E-state index in [0.717, 1.165) is 25.1 Å². The number of hydrogen-bond donors (Lipinski definition) is 1. The first-order valence-electron chi connectivity index (χ1n) is 10.1. The molecule has 1 saturated heterocycles. The molecule has 28 heavy (non-hydrogen) atoms. The Bertz CT molecular complexity index is 899. The normalized spacial score (nSPS) is 20.2. The van der Waals surface area contributed by atoms with Gasteiger partial charge < -0.3 is 5.73 Å². The quantitative estimate of drug-likeness (QED) is 0.644. The number of nitrogens with two attached hydrogens (primary N) is 1. The Kier molecular flexibility index (Phi) is 5.40. The lowest BCUT2D eigenvalue weighted by atomic mass is 9.88. The van der Waals surface area contributed by atoms with Gasteiger partial charge in [-0.25, -0.2) is 0 Å². The molecule has 0 bridgehead atoms. The van der Waals surface area contributed by atoms with Crippen LogP contribution in [0.5, 0.6) is 0 Å². The monoisotopic (exact) mass is 372 g/mol. The molecule has 0 spiro atoms. The molecule has 2 N–H and O–H groups in total. The summed E-state index contributed by atoms with van der Waals surface area (Å²) in [6.07, 6.45) is 7.20. The van der Waals surface area contributed by atoms with Crippen LogP contribution >= 0.6 is 0 Å². The van der Waals surface area contributed by atoms with Gasteiger partial charge >= 0.3 is 0 Å². The van der Waals surface area contributed by atoms with Crippen molar-refractivity contribution in [3.05, 3.63) is 89.0 Å².